The summed E-state index contributed by atoms with van der Waals surface area (Å²) in [4.78, 5) is 4.74. The van der Waals surface area contributed by atoms with E-state index in [0.29, 0.717) is 16.5 Å². The van der Waals surface area contributed by atoms with E-state index in [-0.39, 0.29) is 0 Å². The van der Waals surface area contributed by atoms with Crippen molar-refractivity contribution < 1.29 is 0 Å². The highest BCUT2D eigenvalue weighted by molar-refractivity contribution is 7.80. The number of pyridine rings is 1. The van der Waals surface area contributed by atoms with Crippen molar-refractivity contribution in [3.63, 3.8) is 0 Å². The van der Waals surface area contributed by atoms with Crippen molar-refractivity contribution in [2.24, 2.45) is 5.73 Å². The largest absolute Gasteiger partial charge is 0.389 e. The number of rotatable bonds is 2. The molecule has 0 spiro atoms. The number of hydrogen-bond donors (Lipinski definition) is 1. The lowest BCUT2D eigenvalue weighted by Crippen LogP contribution is -2.12. The van der Waals surface area contributed by atoms with Gasteiger partial charge in [0.05, 0.1) is 11.3 Å². The van der Waals surface area contributed by atoms with Gasteiger partial charge < -0.3 is 5.73 Å². The van der Waals surface area contributed by atoms with Gasteiger partial charge in [-0.3, -0.25) is 0 Å². The molecule has 0 aliphatic rings. The van der Waals surface area contributed by atoms with E-state index < -0.39 is 0 Å². The van der Waals surface area contributed by atoms with Gasteiger partial charge in [-0.15, -0.1) is 0 Å². The van der Waals surface area contributed by atoms with Crippen LogP contribution < -0.4 is 5.73 Å². The molecule has 3 rings (SSSR count). The summed E-state index contributed by atoms with van der Waals surface area (Å²) in [6.45, 7) is 1.85. The monoisotopic (exact) mass is 268 g/mol. The second-order valence-corrected chi connectivity index (χ2v) is 4.70. The third-order valence-corrected chi connectivity index (χ3v) is 3.14. The third-order valence-electron chi connectivity index (χ3n) is 2.93. The molecule has 0 aliphatic heterocycles. The second-order valence-electron chi connectivity index (χ2n) is 4.26. The fraction of sp³-hybridized carbons (Fsp3) is 0.0714. The minimum atomic E-state index is 0.331. The van der Waals surface area contributed by atoms with Crippen LogP contribution in [0, 0.1) is 6.92 Å². The molecule has 1 aromatic carbocycles. The Morgan fingerprint density at radius 3 is 2.58 bits per heavy atom. The number of fused-ring (bicyclic) bond motifs is 1. The number of nitrogens with two attached hydrogens (primary N) is 1. The predicted molar refractivity (Wildman–Crippen MR) is 79.0 cm³/mol. The summed E-state index contributed by atoms with van der Waals surface area (Å²) < 4.78 is 1.79. The number of nitrogens with zero attached hydrogens (tertiary/aromatic N) is 3. The summed E-state index contributed by atoms with van der Waals surface area (Å²) in [6, 6.07) is 13.9. The molecule has 94 valence electrons. The summed E-state index contributed by atoms with van der Waals surface area (Å²) in [5, 5.41) is 4.42. The van der Waals surface area contributed by atoms with E-state index in [0.717, 1.165) is 16.8 Å². The maximum Gasteiger partial charge on any atom is 0.166 e. The molecule has 0 aliphatic carbocycles. The molecule has 0 amide bonds. The third kappa shape index (κ3) is 1.98. The molecule has 2 heterocycles. The van der Waals surface area contributed by atoms with Crippen LogP contribution in [-0.2, 0) is 0 Å². The van der Waals surface area contributed by atoms with Gasteiger partial charge in [0.25, 0.3) is 0 Å². The molecule has 5 heteroatoms. The minimum Gasteiger partial charge on any atom is -0.389 e. The average Bonchev–Trinajstić information content (AvgIpc) is 2.79. The Balaban J connectivity index is 2.34. The van der Waals surface area contributed by atoms with E-state index in [1.165, 1.54) is 0 Å². The molecule has 4 nitrogen and oxygen atoms in total. The van der Waals surface area contributed by atoms with E-state index in [9.17, 15) is 0 Å². The fourth-order valence-corrected chi connectivity index (χ4v) is 2.24. The molecule has 0 saturated carbocycles. The zero-order chi connectivity index (χ0) is 13.4. The Bertz CT molecular complexity index is 762. The van der Waals surface area contributed by atoms with Gasteiger partial charge in [-0.25, -0.2) is 9.50 Å². The normalized spacial score (nSPS) is 10.8. The maximum absolute atomic E-state index is 5.73. The van der Waals surface area contributed by atoms with Gasteiger partial charge >= 0.3 is 0 Å². The lowest BCUT2D eigenvalue weighted by atomic mass is 10.1. The molecular formula is C14H12N4S. The Kier molecular flexibility index (Phi) is 2.76. The van der Waals surface area contributed by atoms with Crippen molar-refractivity contribution in [3.8, 4) is 11.3 Å². The molecule has 2 N–H and O–H groups in total. The van der Waals surface area contributed by atoms with Crippen LogP contribution in [0.4, 0.5) is 0 Å². The van der Waals surface area contributed by atoms with Crippen molar-refractivity contribution in [1.29, 1.82) is 0 Å². The topological polar surface area (TPSA) is 56.2 Å². The van der Waals surface area contributed by atoms with Gasteiger partial charge in [-0.1, -0.05) is 42.5 Å². The van der Waals surface area contributed by atoms with Gasteiger partial charge in [-0.2, -0.15) is 5.10 Å². The fourth-order valence-electron chi connectivity index (χ4n) is 2.08. The first kappa shape index (κ1) is 11.8. The van der Waals surface area contributed by atoms with Crippen molar-refractivity contribution >= 4 is 22.9 Å². The molecule has 0 bridgehead atoms. The van der Waals surface area contributed by atoms with E-state index in [1.807, 2.05) is 49.4 Å². The number of aryl methyl sites for hydroxylation is 1. The maximum atomic E-state index is 5.73. The van der Waals surface area contributed by atoms with Crippen LogP contribution >= 0.6 is 12.2 Å². The minimum absolute atomic E-state index is 0.331. The molecule has 2 aromatic heterocycles. The molecule has 0 fully saturated rings. The lowest BCUT2D eigenvalue weighted by molar-refractivity contribution is 0.937. The summed E-state index contributed by atoms with van der Waals surface area (Å²) in [7, 11) is 0. The van der Waals surface area contributed by atoms with Gasteiger partial charge in [0.2, 0.25) is 0 Å². The smallest absolute Gasteiger partial charge is 0.166 e. The van der Waals surface area contributed by atoms with Crippen LogP contribution in [0.2, 0.25) is 0 Å². The van der Waals surface area contributed by atoms with Crippen LogP contribution in [0.15, 0.2) is 42.5 Å². The van der Waals surface area contributed by atoms with Crippen molar-refractivity contribution in [1.82, 2.24) is 14.6 Å². The molecule has 0 saturated heterocycles. The molecule has 0 unspecified atom stereocenters. The lowest BCUT2D eigenvalue weighted by Gasteiger charge is -2.07. The van der Waals surface area contributed by atoms with Gasteiger partial charge in [0.15, 0.2) is 5.65 Å². The molecule has 0 radical (unpaired) electrons. The number of hydrogen-bond acceptors (Lipinski definition) is 3. The quantitative estimate of drug-likeness (QED) is 0.725. The highest BCUT2D eigenvalue weighted by atomic mass is 32.1. The first-order valence-corrected chi connectivity index (χ1v) is 6.29. The summed E-state index contributed by atoms with van der Waals surface area (Å²) in [5.74, 6) is 0.695. The molecular weight excluding hydrogens is 256 g/mol. The zero-order valence-corrected chi connectivity index (χ0v) is 11.2. The van der Waals surface area contributed by atoms with Crippen LogP contribution in [0.25, 0.3) is 16.9 Å². The number of aromatic nitrogens is 3. The first-order chi connectivity index (χ1) is 9.16. The Morgan fingerprint density at radius 2 is 1.89 bits per heavy atom. The SMILES string of the molecule is Cc1nc2c(C(N)=S)ccc(-c3ccccc3)n2n1. The summed E-state index contributed by atoms with van der Waals surface area (Å²) >= 11 is 5.06. The molecule has 19 heavy (non-hydrogen) atoms. The van der Waals surface area contributed by atoms with Gasteiger partial charge in [-0.05, 0) is 19.1 Å². The standard InChI is InChI=1S/C14H12N4S/c1-9-16-14-11(13(15)19)7-8-12(18(14)17-9)10-5-3-2-4-6-10/h2-8H,1H3,(H2,15,19). The van der Waals surface area contributed by atoms with E-state index in [4.69, 9.17) is 18.0 Å². The number of thiocarbonyl (C=S) groups is 1. The molecule has 0 atom stereocenters. The average molecular weight is 268 g/mol. The van der Waals surface area contributed by atoms with Crippen LogP contribution in [0.5, 0.6) is 0 Å². The van der Waals surface area contributed by atoms with Crippen molar-refractivity contribution in [3.05, 3.63) is 53.9 Å². The Morgan fingerprint density at radius 1 is 1.16 bits per heavy atom. The predicted octanol–water partition coefficient (Wildman–Crippen LogP) is 2.34. The Labute approximate surface area is 115 Å². The number of benzene rings is 1. The zero-order valence-electron chi connectivity index (χ0n) is 10.4. The van der Waals surface area contributed by atoms with Crippen molar-refractivity contribution in [2.45, 2.75) is 6.92 Å². The van der Waals surface area contributed by atoms with Crippen LogP contribution in [0.1, 0.15) is 11.4 Å². The van der Waals surface area contributed by atoms with Gasteiger partial charge in [0, 0.05) is 5.56 Å². The summed E-state index contributed by atoms with van der Waals surface area (Å²) in [5.41, 5.74) is 9.22. The Hall–Kier alpha value is -2.27. The summed E-state index contributed by atoms with van der Waals surface area (Å²) in [6.07, 6.45) is 0. The van der Waals surface area contributed by atoms with Gasteiger partial charge in [0.1, 0.15) is 10.8 Å². The first-order valence-electron chi connectivity index (χ1n) is 5.88. The van der Waals surface area contributed by atoms with Crippen LogP contribution in [-0.4, -0.2) is 19.6 Å². The highest BCUT2D eigenvalue weighted by Crippen LogP contribution is 2.22. The van der Waals surface area contributed by atoms with E-state index in [1.54, 1.807) is 4.52 Å². The van der Waals surface area contributed by atoms with Crippen LogP contribution in [0.3, 0.4) is 0 Å². The van der Waals surface area contributed by atoms with Crippen molar-refractivity contribution in [2.75, 3.05) is 0 Å². The van der Waals surface area contributed by atoms with E-state index in [2.05, 4.69) is 10.1 Å². The second kappa shape index (κ2) is 4.44. The molecule has 3 aromatic rings. The van der Waals surface area contributed by atoms with E-state index >= 15 is 0 Å². The highest BCUT2D eigenvalue weighted by Gasteiger charge is 2.12.